The molecule has 0 radical (unpaired) electrons. The van der Waals surface area contributed by atoms with Crippen molar-refractivity contribution in [1.29, 1.82) is 0 Å². The van der Waals surface area contributed by atoms with Crippen LogP contribution in [-0.2, 0) is 12.8 Å². The van der Waals surface area contributed by atoms with Gasteiger partial charge in [0.15, 0.2) is 5.82 Å². The predicted molar refractivity (Wildman–Crippen MR) is 59.5 cm³/mol. The first kappa shape index (κ1) is 12.9. The second kappa shape index (κ2) is 4.62. The highest BCUT2D eigenvalue weighted by atomic mass is 35.5. The monoisotopic (exact) mass is 276 g/mol. The molecule has 96 valence electrons. The van der Waals surface area contributed by atoms with Crippen LogP contribution in [0.1, 0.15) is 11.3 Å². The number of nitrogens with zero attached hydrogens (tertiary/aromatic N) is 2. The molecule has 1 N–H and O–H groups in total. The molecular formula is C11H8ClF3N2O. The van der Waals surface area contributed by atoms with Crippen molar-refractivity contribution in [2.75, 3.05) is 0 Å². The topological polar surface area (TPSA) is 38.0 Å². The standard InChI is InChI=1S/C11H8ClF3N2O/c12-9-4-7(11(13,14)15)5-16-10(9)17-3-1-2-8(17)6-18/h1-5,18H,6H2. The summed E-state index contributed by atoms with van der Waals surface area (Å²) in [5, 5.41) is 8.94. The number of alkyl halides is 3. The minimum Gasteiger partial charge on any atom is -0.390 e. The Labute approximate surface area is 105 Å². The zero-order chi connectivity index (χ0) is 13.3. The number of hydrogen-bond acceptors (Lipinski definition) is 2. The maximum atomic E-state index is 12.4. The Hall–Kier alpha value is -1.53. The first-order valence-corrected chi connectivity index (χ1v) is 5.31. The lowest BCUT2D eigenvalue weighted by Crippen LogP contribution is -2.08. The molecule has 3 nitrogen and oxygen atoms in total. The van der Waals surface area contributed by atoms with Crippen LogP contribution in [0.25, 0.3) is 5.82 Å². The first-order valence-electron chi connectivity index (χ1n) is 4.93. The van der Waals surface area contributed by atoms with Crippen LogP contribution in [0.5, 0.6) is 0 Å². The van der Waals surface area contributed by atoms with Gasteiger partial charge in [0.05, 0.1) is 17.2 Å². The molecule has 0 aliphatic heterocycles. The van der Waals surface area contributed by atoms with E-state index in [1.54, 1.807) is 18.3 Å². The molecular weight excluding hydrogens is 269 g/mol. The Morgan fingerprint density at radius 3 is 2.67 bits per heavy atom. The molecule has 0 spiro atoms. The van der Waals surface area contributed by atoms with Crippen molar-refractivity contribution in [2.24, 2.45) is 0 Å². The Balaban J connectivity index is 2.48. The third-order valence-electron chi connectivity index (χ3n) is 2.37. The van der Waals surface area contributed by atoms with Crippen LogP contribution in [0.3, 0.4) is 0 Å². The van der Waals surface area contributed by atoms with Crippen LogP contribution in [-0.4, -0.2) is 14.7 Å². The molecule has 2 aromatic heterocycles. The van der Waals surface area contributed by atoms with E-state index in [2.05, 4.69) is 4.98 Å². The smallest absolute Gasteiger partial charge is 0.390 e. The maximum absolute atomic E-state index is 12.4. The van der Waals surface area contributed by atoms with Crippen LogP contribution >= 0.6 is 11.6 Å². The summed E-state index contributed by atoms with van der Waals surface area (Å²) >= 11 is 5.79. The number of rotatable bonds is 2. The lowest BCUT2D eigenvalue weighted by atomic mass is 10.2. The second-order valence-electron chi connectivity index (χ2n) is 3.55. The van der Waals surface area contributed by atoms with Gasteiger partial charge in [-0.05, 0) is 18.2 Å². The molecule has 0 saturated carbocycles. The van der Waals surface area contributed by atoms with Crippen LogP contribution in [0.15, 0.2) is 30.6 Å². The van der Waals surface area contributed by atoms with Crippen molar-refractivity contribution < 1.29 is 18.3 Å². The minimum absolute atomic E-state index is 0.129. The summed E-state index contributed by atoms with van der Waals surface area (Å²) in [4.78, 5) is 3.70. The molecule has 0 unspecified atom stereocenters. The van der Waals surface area contributed by atoms with Crippen molar-refractivity contribution in [1.82, 2.24) is 9.55 Å². The summed E-state index contributed by atoms with van der Waals surface area (Å²) < 4.78 is 38.8. The molecule has 7 heteroatoms. The van der Waals surface area contributed by atoms with Gasteiger partial charge in [0.25, 0.3) is 0 Å². The fourth-order valence-electron chi connectivity index (χ4n) is 1.51. The van der Waals surface area contributed by atoms with E-state index < -0.39 is 11.7 Å². The minimum atomic E-state index is -4.48. The van der Waals surface area contributed by atoms with Crippen LogP contribution in [0.2, 0.25) is 5.02 Å². The number of hydrogen-bond donors (Lipinski definition) is 1. The summed E-state index contributed by atoms with van der Waals surface area (Å²) in [5.41, 5.74) is -0.418. The zero-order valence-electron chi connectivity index (χ0n) is 8.95. The number of aliphatic hydroxyl groups excluding tert-OH is 1. The summed E-state index contributed by atoms with van der Waals surface area (Å²) in [6.07, 6.45) is -2.21. The molecule has 0 atom stereocenters. The highest BCUT2D eigenvalue weighted by Crippen LogP contribution is 2.32. The largest absolute Gasteiger partial charge is 0.417 e. The van der Waals surface area contributed by atoms with E-state index >= 15 is 0 Å². The summed E-state index contributed by atoms with van der Waals surface area (Å²) in [5.74, 6) is 0.152. The van der Waals surface area contributed by atoms with Crippen molar-refractivity contribution in [3.05, 3.63) is 46.9 Å². The summed E-state index contributed by atoms with van der Waals surface area (Å²) in [6, 6.07) is 4.07. The predicted octanol–water partition coefficient (Wildman–Crippen LogP) is 3.04. The lowest BCUT2D eigenvalue weighted by Gasteiger charge is -2.11. The fourth-order valence-corrected chi connectivity index (χ4v) is 1.77. The molecule has 0 aliphatic rings. The number of halogens is 4. The molecule has 18 heavy (non-hydrogen) atoms. The fraction of sp³-hybridized carbons (Fsp3) is 0.182. The lowest BCUT2D eigenvalue weighted by molar-refractivity contribution is -0.137. The number of pyridine rings is 1. The van der Waals surface area contributed by atoms with Gasteiger partial charge in [-0.1, -0.05) is 11.6 Å². The van der Waals surface area contributed by atoms with Gasteiger partial charge in [0.1, 0.15) is 0 Å². The van der Waals surface area contributed by atoms with Gasteiger partial charge < -0.3 is 9.67 Å². The van der Waals surface area contributed by atoms with Gasteiger partial charge >= 0.3 is 6.18 Å². The molecule has 2 aromatic rings. The third-order valence-corrected chi connectivity index (χ3v) is 2.65. The summed E-state index contributed by atoms with van der Waals surface area (Å²) in [7, 11) is 0. The van der Waals surface area contributed by atoms with Crippen molar-refractivity contribution >= 4 is 11.6 Å². The highest BCUT2D eigenvalue weighted by Gasteiger charge is 2.31. The molecule has 2 rings (SSSR count). The highest BCUT2D eigenvalue weighted by molar-refractivity contribution is 6.32. The second-order valence-corrected chi connectivity index (χ2v) is 3.96. The number of aliphatic hydroxyl groups is 1. The molecule has 0 amide bonds. The van der Waals surface area contributed by atoms with Crippen LogP contribution < -0.4 is 0 Å². The van der Waals surface area contributed by atoms with Crippen LogP contribution in [0.4, 0.5) is 13.2 Å². The van der Waals surface area contributed by atoms with Gasteiger partial charge in [0.2, 0.25) is 0 Å². The van der Waals surface area contributed by atoms with E-state index in [4.69, 9.17) is 16.7 Å². The van der Waals surface area contributed by atoms with Crippen LogP contribution in [0, 0.1) is 0 Å². The normalized spacial score (nSPS) is 11.8. The van der Waals surface area contributed by atoms with Gasteiger partial charge in [-0.15, -0.1) is 0 Å². The van der Waals surface area contributed by atoms with Crippen molar-refractivity contribution in [3.63, 3.8) is 0 Å². The molecule has 0 bridgehead atoms. The van der Waals surface area contributed by atoms with E-state index in [1.807, 2.05) is 0 Å². The zero-order valence-corrected chi connectivity index (χ0v) is 9.70. The molecule has 0 fully saturated rings. The van der Waals surface area contributed by atoms with Gasteiger partial charge in [-0.25, -0.2) is 4.98 Å². The Morgan fingerprint density at radius 2 is 2.11 bits per heavy atom. The number of aromatic nitrogens is 2. The van der Waals surface area contributed by atoms with E-state index in [9.17, 15) is 13.2 Å². The molecule has 0 saturated heterocycles. The first-order chi connectivity index (χ1) is 8.43. The maximum Gasteiger partial charge on any atom is 0.417 e. The average molecular weight is 277 g/mol. The third kappa shape index (κ3) is 2.34. The van der Waals surface area contributed by atoms with E-state index in [-0.39, 0.29) is 17.4 Å². The van der Waals surface area contributed by atoms with Crippen molar-refractivity contribution in [3.8, 4) is 5.82 Å². The van der Waals surface area contributed by atoms with Gasteiger partial charge in [-0.2, -0.15) is 13.2 Å². The average Bonchev–Trinajstić information content (AvgIpc) is 2.75. The molecule has 2 heterocycles. The van der Waals surface area contributed by atoms with Gasteiger partial charge in [-0.3, -0.25) is 0 Å². The molecule has 0 aliphatic carbocycles. The quantitative estimate of drug-likeness (QED) is 0.915. The Kier molecular flexibility index (Phi) is 3.32. The van der Waals surface area contributed by atoms with E-state index in [1.165, 1.54) is 4.57 Å². The SMILES string of the molecule is OCc1cccn1-c1ncc(C(F)(F)F)cc1Cl. The Bertz CT molecular complexity index is 566. The van der Waals surface area contributed by atoms with Gasteiger partial charge in [0, 0.05) is 18.1 Å². The Morgan fingerprint density at radius 1 is 1.39 bits per heavy atom. The van der Waals surface area contributed by atoms with Crippen molar-refractivity contribution in [2.45, 2.75) is 12.8 Å². The summed E-state index contributed by atoms with van der Waals surface area (Å²) in [6.45, 7) is -0.258. The van der Waals surface area contributed by atoms with E-state index in [0.29, 0.717) is 11.9 Å². The van der Waals surface area contributed by atoms with E-state index in [0.717, 1.165) is 6.07 Å². The molecule has 0 aromatic carbocycles.